The summed E-state index contributed by atoms with van der Waals surface area (Å²) >= 11 is 7.26. The standard InChI is InChI=1S/C26H18ClF3N6O3S/c1-15-2-5-17(27)12-21(15)36-22(37)13-40-25(36)33-24(38)32-18-6-3-16(4-7-18)23-31-14-35(34-23)19-8-10-20(11-9-19)39-26(28,29)30/h2-12,14H,13H2,1H3,(H,32,38). The van der Waals surface area contributed by atoms with Crippen molar-refractivity contribution in [3.63, 3.8) is 0 Å². The number of hydrogen-bond acceptors (Lipinski definition) is 6. The quantitative estimate of drug-likeness (QED) is 0.288. The first-order valence-electron chi connectivity index (χ1n) is 11.6. The number of thioether (sulfide) groups is 1. The summed E-state index contributed by atoms with van der Waals surface area (Å²) in [5.74, 6) is -0.0339. The Labute approximate surface area is 234 Å². The predicted octanol–water partition coefficient (Wildman–Crippen LogP) is 6.46. The van der Waals surface area contributed by atoms with Crippen molar-refractivity contribution in [2.24, 2.45) is 4.99 Å². The Bertz CT molecular complexity index is 1610. The third-order valence-corrected chi connectivity index (χ3v) is 6.75. The van der Waals surface area contributed by atoms with Gasteiger partial charge in [0.25, 0.3) is 0 Å². The van der Waals surface area contributed by atoms with Gasteiger partial charge in [-0.3, -0.25) is 9.69 Å². The summed E-state index contributed by atoms with van der Waals surface area (Å²) in [6, 6.07) is 16.4. The van der Waals surface area contributed by atoms with E-state index in [1.165, 1.54) is 40.2 Å². The van der Waals surface area contributed by atoms with Gasteiger partial charge in [0.15, 0.2) is 11.0 Å². The molecule has 1 N–H and O–H groups in total. The number of hydrogen-bond donors (Lipinski definition) is 1. The lowest BCUT2D eigenvalue weighted by Crippen LogP contribution is -2.30. The summed E-state index contributed by atoms with van der Waals surface area (Å²) in [5, 5.41) is 7.73. The number of amidine groups is 1. The van der Waals surface area contributed by atoms with E-state index >= 15 is 0 Å². The summed E-state index contributed by atoms with van der Waals surface area (Å²) < 4.78 is 42.4. The first-order valence-corrected chi connectivity index (χ1v) is 12.9. The maximum Gasteiger partial charge on any atom is 0.573 e. The van der Waals surface area contributed by atoms with Gasteiger partial charge in [0.05, 0.1) is 17.1 Å². The molecule has 1 fully saturated rings. The first kappa shape index (κ1) is 27.2. The van der Waals surface area contributed by atoms with Crippen molar-refractivity contribution >= 4 is 51.8 Å². The number of amides is 3. The Morgan fingerprint density at radius 2 is 1.82 bits per heavy atom. The molecule has 40 heavy (non-hydrogen) atoms. The average molecular weight is 587 g/mol. The van der Waals surface area contributed by atoms with Crippen LogP contribution in [0.4, 0.5) is 29.3 Å². The Morgan fingerprint density at radius 3 is 2.52 bits per heavy atom. The van der Waals surface area contributed by atoms with Gasteiger partial charge in [-0.05, 0) is 73.2 Å². The lowest BCUT2D eigenvalue weighted by molar-refractivity contribution is -0.274. The van der Waals surface area contributed by atoms with Crippen LogP contribution in [0.3, 0.4) is 0 Å². The van der Waals surface area contributed by atoms with Gasteiger partial charge in [-0.15, -0.1) is 18.3 Å². The van der Waals surface area contributed by atoms with Crippen molar-refractivity contribution in [1.29, 1.82) is 0 Å². The van der Waals surface area contributed by atoms with E-state index in [4.69, 9.17) is 11.6 Å². The fraction of sp³-hybridized carbons (Fsp3) is 0.115. The molecule has 1 aromatic heterocycles. The Kier molecular flexibility index (Phi) is 7.50. The van der Waals surface area contributed by atoms with Crippen LogP contribution in [0, 0.1) is 6.92 Å². The number of anilines is 2. The third kappa shape index (κ3) is 6.26. The van der Waals surface area contributed by atoms with E-state index in [2.05, 4.69) is 25.1 Å². The van der Waals surface area contributed by atoms with Gasteiger partial charge in [0.2, 0.25) is 5.91 Å². The highest BCUT2D eigenvalue weighted by molar-refractivity contribution is 8.15. The molecule has 204 valence electrons. The minimum atomic E-state index is -4.77. The molecule has 0 spiro atoms. The largest absolute Gasteiger partial charge is 0.573 e. The summed E-state index contributed by atoms with van der Waals surface area (Å²) in [6.07, 6.45) is -3.35. The number of aryl methyl sites for hydroxylation is 1. The van der Waals surface area contributed by atoms with Gasteiger partial charge in [0.1, 0.15) is 12.1 Å². The lowest BCUT2D eigenvalue weighted by atomic mass is 10.2. The zero-order chi connectivity index (χ0) is 28.4. The van der Waals surface area contributed by atoms with E-state index in [1.54, 1.807) is 42.5 Å². The molecule has 0 unspecified atom stereocenters. The minimum Gasteiger partial charge on any atom is -0.406 e. The number of benzene rings is 3. The second kappa shape index (κ2) is 11.0. The molecule has 0 aliphatic carbocycles. The van der Waals surface area contributed by atoms with Gasteiger partial charge in [-0.1, -0.05) is 29.4 Å². The molecular formula is C26H18ClF3N6O3S. The minimum absolute atomic E-state index is 0.151. The molecule has 1 aliphatic rings. The number of nitrogens with one attached hydrogen (secondary N) is 1. The number of halogens is 4. The first-order chi connectivity index (χ1) is 19.1. The molecular weight excluding hydrogens is 569 g/mol. The van der Waals surface area contributed by atoms with E-state index in [9.17, 15) is 22.8 Å². The van der Waals surface area contributed by atoms with Gasteiger partial charge in [-0.25, -0.2) is 14.5 Å². The fourth-order valence-electron chi connectivity index (χ4n) is 3.77. The summed E-state index contributed by atoms with van der Waals surface area (Å²) in [7, 11) is 0. The molecule has 2 heterocycles. The van der Waals surface area contributed by atoms with E-state index < -0.39 is 12.4 Å². The fourth-order valence-corrected chi connectivity index (χ4v) is 4.79. The summed E-state index contributed by atoms with van der Waals surface area (Å²) in [4.78, 5) is 34.9. The van der Waals surface area contributed by atoms with E-state index in [0.29, 0.717) is 33.5 Å². The molecule has 3 aromatic carbocycles. The van der Waals surface area contributed by atoms with Crippen LogP contribution in [0.15, 0.2) is 78.0 Å². The molecule has 0 radical (unpaired) electrons. The van der Waals surface area contributed by atoms with Crippen LogP contribution >= 0.6 is 23.4 Å². The number of aromatic nitrogens is 3. The molecule has 3 amide bonds. The normalized spacial score (nSPS) is 14.6. The van der Waals surface area contributed by atoms with Crippen molar-refractivity contribution in [3.05, 3.63) is 83.6 Å². The van der Waals surface area contributed by atoms with Gasteiger partial charge in [0, 0.05) is 16.3 Å². The monoisotopic (exact) mass is 586 g/mol. The molecule has 1 aliphatic heterocycles. The van der Waals surface area contributed by atoms with Crippen molar-refractivity contribution in [2.45, 2.75) is 13.3 Å². The lowest BCUT2D eigenvalue weighted by Gasteiger charge is -2.18. The highest BCUT2D eigenvalue weighted by atomic mass is 35.5. The van der Waals surface area contributed by atoms with E-state index in [-0.39, 0.29) is 22.6 Å². The molecule has 5 rings (SSSR count). The van der Waals surface area contributed by atoms with Crippen LogP contribution < -0.4 is 15.0 Å². The number of urea groups is 1. The molecule has 4 aromatic rings. The number of rotatable bonds is 5. The zero-order valence-electron chi connectivity index (χ0n) is 20.5. The van der Waals surface area contributed by atoms with Gasteiger partial charge >= 0.3 is 12.4 Å². The van der Waals surface area contributed by atoms with Crippen LogP contribution in [-0.2, 0) is 4.79 Å². The number of nitrogens with zero attached hydrogens (tertiary/aromatic N) is 5. The smallest absolute Gasteiger partial charge is 0.406 e. The molecule has 9 nitrogen and oxygen atoms in total. The van der Waals surface area contributed by atoms with Crippen LogP contribution in [-0.4, -0.2) is 44.0 Å². The van der Waals surface area contributed by atoms with Gasteiger partial charge < -0.3 is 10.1 Å². The number of alkyl halides is 3. The van der Waals surface area contributed by atoms with Gasteiger partial charge in [-0.2, -0.15) is 4.99 Å². The highest BCUT2D eigenvalue weighted by Gasteiger charge is 2.32. The molecule has 0 bridgehead atoms. The maximum atomic E-state index is 12.6. The Balaban J connectivity index is 1.26. The van der Waals surface area contributed by atoms with Crippen molar-refractivity contribution in [3.8, 4) is 22.8 Å². The van der Waals surface area contributed by atoms with Crippen LogP contribution in [0.5, 0.6) is 5.75 Å². The zero-order valence-corrected chi connectivity index (χ0v) is 22.1. The second-order valence-corrected chi connectivity index (χ2v) is 9.78. The van der Waals surface area contributed by atoms with E-state index in [1.807, 2.05) is 6.92 Å². The third-order valence-electron chi connectivity index (χ3n) is 5.60. The summed E-state index contributed by atoms with van der Waals surface area (Å²) in [6.45, 7) is 1.84. The Hall–Kier alpha value is -4.36. The summed E-state index contributed by atoms with van der Waals surface area (Å²) in [5.41, 5.74) is 2.96. The Morgan fingerprint density at radius 1 is 1.10 bits per heavy atom. The van der Waals surface area contributed by atoms with Crippen LogP contribution in [0.25, 0.3) is 17.1 Å². The number of carbonyl (C=O) groups is 2. The van der Waals surface area contributed by atoms with Crippen LogP contribution in [0.1, 0.15) is 5.56 Å². The maximum absolute atomic E-state index is 12.6. The predicted molar refractivity (Wildman–Crippen MR) is 146 cm³/mol. The van der Waals surface area contributed by atoms with Crippen molar-refractivity contribution in [1.82, 2.24) is 14.8 Å². The second-order valence-electron chi connectivity index (χ2n) is 8.40. The molecule has 0 atom stereocenters. The van der Waals surface area contributed by atoms with Crippen LogP contribution in [0.2, 0.25) is 5.02 Å². The number of ether oxygens (including phenoxy) is 1. The average Bonchev–Trinajstić information content (AvgIpc) is 3.53. The van der Waals surface area contributed by atoms with Crippen molar-refractivity contribution < 1.29 is 27.5 Å². The topological polar surface area (TPSA) is 102 Å². The van der Waals surface area contributed by atoms with Crippen molar-refractivity contribution in [2.75, 3.05) is 16.0 Å². The number of carbonyl (C=O) groups excluding carboxylic acids is 2. The molecule has 14 heteroatoms. The SMILES string of the molecule is Cc1ccc(Cl)cc1N1C(=O)CSC1=NC(=O)Nc1ccc(-c2ncn(-c3ccc(OC(F)(F)F)cc3)n2)cc1. The molecule has 0 saturated carbocycles. The van der Waals surface area contributed by atoms with E-state index in [0.717, 1.165) is 17.3 Å². The molecule has 1 saturated heterocycles. The number of aliphatic imine (C=N–C) groups is 1. The highest BCUT2D eigenvalue weighted by Crippen LogP contribution is 2.31.